The number of esters is 1. The van der Waals surface area contributed by atoms with Crippen molar-refractivity contribution < 1.29 is 9.53 Å². The summed E-state index contributed by atoms with van der Waals surface area (Å²) in [4.78, 5) is 26.4. The summed E-state index contributed by atoms with van der Waals surface area (Å²) in [6, 6.07) is 16.9. The Morgan fingerprint density at radius 2 is 1.73 bits per heavy atom. The number of hydrogen-bond donors (Lipinski definition) is 2. The van der Waals surface area contributed by atoms with Gasteiger partial charge in [0.05, 0.1) is 18.9 Å². The molecule has 0 saturated carbocycles. The van der Waals surface area contributed by atoms with Crippen LogP contribution in [0, 0.1) is 0 Å². The number of carbonyl (C=O) groups is 1. The normalized spacial score (nSPS) is 10.6. The molecule has 3 aromatic rings. The minimum absolute atomic E-state index is 0.312. The molecule has 0 radical (unpaired) electrons. The van der Waals surface area contributed by atoms with Gasteiger partial charge >= 0.3 is 5.97 Å². The molecule has 0 bridgehead atoms. The van der Waals surface area contributed by atoms with Crippen LogP contribution >= 0.6 is 0 Å². The fourth-order valence-electron chi connectivity index (χ4n) is 2.46. The third kappa shape index (κ3) is 5.74. The standard InChI is InChI=1S/C21H23N7O2/c1-28(2)21-25-19(22-13-15-7-5-4-6-8-15)24-20(26-21)27-23-14-16-9-11-17(12-10-16)18(29)30-3/h4-12,14H,13H2,1-3H3,(H2,22,24,25,26,27)/b23-14+. The first-order chi connectivity index (χ1) is 14.5. The van der Waals surface area contributed by atoms with Crippen molar-refractivity contribution in [3.63, 3.8) is 0 Å². The molecule has 0 aliphatic heterocycles. The summed E-state index contributed by atoms with van der Waals surface area (Å²) in [7, 11) is 5.06. The van der Waals surface area contributed by atoms with E-state index in [1.54, 1.807) is 35.4 Å². The number of hydrogen-bond acceptors (Lipinski definition) is 9. The topological polar surface area (TPSA) is 105 Å². The van der Waals surface area contributed by atoms with Crippen molar-refractivity contribution in [1.29, 1.82) is 0 Å². The lowest BCUT2D eigenvalue weighted by atomic mass is 10.1. The summed E-state index contributed by atoms with van der Waals surface area (Å²) in [6.07, 6.45) is 1.61. The van der Waals surface area contributed by atoms with Crippen LogP contribution in [0.4, 0.5) is 17.8 Å². The molecule has 9 nitrogen and oxygen atoms in total. The van der Waals surface area contributed by atoms with E-state index in [1.807, 2.05) is 44.4 Å². The maximum Gasteiger partial charge on any atom is 0.337 e. The molecule has 0 saturated heterocycles. The zero-order chi connectivity index (χ0) is 21.3. The van der Waals surface area contributed by atoms with Gasteiger partial charge in [-0.15, -0.1) is 0 Å². The van der Waals surface area contributed by atoms with Gasteiger partial charge in [0.25, 0.3) is 0 Å². The molecule has 0 atom stereocenters. The van der Waals surface area contributed by atoms with Crippen molar-refractivity contribution in [3.8, 4) is 0 Å². The number of ether oxygens (including phenoxy) is 1. The van der Waals surface area contributed by atoms with Gasteiger partial charge in [-0.2, -0.15) is 20.1 Å². The van der Waals surface area contributed by atoms with E-state index >= 15 is 0 Å². The number of aromatic nitrogens is 3. The van der Waals surface area contributed by atoms with Crippen LogP contribution in [0.1, 0.15) is 21.5 Å². The number of nitrogens with one attached hydrogen (secondary N) is 2. The lowest BCUT2D eigenvalue weighted by Crippen LogP contribution is -2.16. The lowest BCUT2D eigenvalue weighted by Gasteiger charge is -2.13. The largest absolute Gasteiger partial charge is 0.465 e. The van der Waals surface area contributed by atoms with E-state index in [9.17, 15) is 4.79 Å². The summed E-state index contributed by atoms with van der Waals surface area (Å²) in [5, 5.41) is 7.38. The fraction of sp³-hybridized carbons (Fsp3) is 0.190. The number of benzene rings is 2. The minimum atomic E-state index is -0.381. The summed E-state index contributed by atoms with van der Waals surface area (Å²) in [6.45, 7) is 0.590. The molecule has 9 heteroatoms. The average molecular weight is 405 g/mol. The Morgan fingerprint density at radius 1 is 1.03 bits per heavy atom. The van der Waals surface area contributed by atoms with Crippen LogP contribution in [-0.2, 0) is 11.3 Å². The molecule has 0 amide bonds. The molecule has 0 fully saturated rings. The second-order valence-corrected chi connectivity index (χ2v) is 6.50. The first-order valence-electron chi connectivity index (χ1n) is 9.24. The quantitative estimate of drug-likeness (QED) is 0.335. The maximum absolute atomic E-state index is 11.5. The van der Waals surface area contributed by atoms with Crippen LogP contribution in [0.25, 0.3) is 0 Å². The molecule has 0 aliphatic carbocycles. The van der Waals surface area contributed by atoms with E-state index in [0.717, 1.165) is 11.1 Å². The first-order valence-corrected chi connectivity index (χ1v) is 9.24. The highest BCUT2D eigenvalue weighted by Crippen LogP contribution is 2.13. The van der Waals surface area contributed by atoms with E-state index in [2.05, 4.69) is 35.5 Å². The first kappa shape index (κ1) is 20.7. The molecule has 0 spiro atoms. The maximum atomic E-state index is 11.5. The minimum Gasteiger partial charge on any atom is -0.465 e. The fourth-order valence-corrected chi connectivity index (χ4v) is 2.46. The Balaban J connectivity index is 1.69. The van der Waals surface area contributed by atoms with Gasteiger partial charge in [-0.05, 0) is 23.3 Å². The van der Waals surface area contributed by atoms with Crippen LogP contribution in [0.15, 0.2) is 59.7 Å². The Hall–Kier alpha value is -4.01. The highest BCUT2D eigenvalue weighted by molar-refractivity contribution is 5.90. The van der Waals surface area contributed by atoms with Crippen molar-refractivity contribution in [2.45, 2.75) is 6.54 Å². The Morgan fingerprint density at radius 3 is 2.40 bits per heavy atom. The van der Waals surface area contributed by atoms with Gasteiger partial charge in [-0.25, -0.2) is 10.2 Å². The molecule has 3 rings (SSSR count). The number of rotatable bonds is 8. The smallest absolute Gasteiger partial charge is 0.337 e. The van der Waals surface area contributed by atoms with Crippen LogP contribution in [-0.4, -0.2) is 48.3 Å². The highest BCUT2D eigenvalue weighted by atomic mass is 16.5. The molecule has 30 heavy (non-hydrogen) atoms. The number of methoxy groups -OCH3 is 1. The van der Waals surface area contributed by atoms with Gasteiger partial charge in [0, 0.05) is 20.6 Å². The van der Waals surface area contributed by atoms with Crippen molar-refractivity contribution in [1.82, 2.24) is 15.0 Å². The van der Waals surface area contributed by atoms with Gasteiger partial charge < -0.3 is 15.0 Å². The van der Waals surface area contributed by atoms with Crippen molar-refractivity contribution in [3.05, 3.63) is 71.3 Å². The van der Waals surface area contributed by atoms with E-state index < -0.39 is 0 Å². The van der Waals surface area contributed by atoms with Gasteiger partial charge in [0.2, 0.25) is 17.8 Å². The average Bonchev–Trinajstić information content (AvgIpc) is 2.78. The molecule has 1 heterocycles. The second kappa shape index (κ2) is 9.97. The van der Waals surface area contributed by atoms with Crippen LogP contribution in [0.2, 0.25) is 0 Å². The van der Waals surface area contributed by atoms with E-state index in [0.29, 0.717) is 30.0 Å². The molecular formula is C21H23N7O2. The van der Waals surface area contributed by atoms with Gasteiger partial charge in [-0.1, -0.05) is 42.5 Å². The lowest BCUT2D eigenvalue weighted by molar-refractivity contribution is 0.0600. The molecule has 1 aromatic heterocycles. The van der Waals surface area contributed by atoms with Gasteiger partial charge in [-0.3, -0.25) is 0 Å². The van der Waals surface area contributed by atoms with Crippen LogP contribution in [0.3, 0.4) is 0 Å². The number of carbonyl (C=O) groups excluding carboxylic acids is 1. The van der Waals surface area contributed by atoms with Crippen LogP contribution < -0.4 is 15.6 Å². The number of nitrogens with zero attached hydrogens (tertiary/aromatic N) is 5. The third-order valence-electron chi connectivity index (χ3n) is 4.03. The predicted molar refractivity (Wildman–Crippen MR) is 117 cm³/mol. The summed E-state index contributed by atoms with van der Waals surface area (Å²) < 4.78 is 4.69. The number of hydrazone groups is 1. The van der Waals surface area contributed by atoms with Crippen molar-refractivity contribution in [2.75, 3.05) is 36.8 Å². The van der Waals surface area contributed by atoms with Gasteiger partial charge in [0.1, 0.15) is 0 Å². The number of anilines is 3. The second-order valence-electron chi connectivity index (χ2n) is 6.50. The van der Waals surface area contributed by atoms with E-state index in [1.165, 1.54) is 7.11 Å². The molecular weight excluding hydrogens is 382 g/mol. The third-order valence-corrected chi connectivity index (χ3v) is 4.03. The van der Waals surface area contributed by atoms with Crippen molar-refractivity contribution in [2.24, 2.45) is 5.10 Å². The Bertz CT molecular complexity index is 1010. The summed E-state index contributed by atoms with van der Waals surface area (Å²) in [5.74, 6) is 0.874. The highest BCUT2D eigenvalue weighted by Gasteiger charge is 2.08. The monoisotopic (exact) mass is 405 g/mol. The molecule has 2 aromatic carbocycles. The SMILES string of the molecule is COC(=O)c1ccc(/C=N/Nc2nc(NCc3ccccc3)nc(N(C)C)n2)cc1. The zero-order valence-corrected chi connectivity index (χ0v) is 17.0. The van der Waals surface area contributed by atoms with E-state index in [4.69, 9.17) is 0 Å². The van der Waals surface area contributed by atoms with Gasteiger partial charge in [0.15, 0.2) is 0 Å². The Labute approximate surface area is 174 Å². The van der Waals surface area contributed by atoms with Crippen LogP contribution in [0.5, 0.6) is 0 Å². The van der Waals surface area contributed by atoms with Crippen molar-refractivity contribution >= 4 is 30.0 Å². The van der Waals surface area contributed by atoms with E-state index in [-0.39, 0.29) is 5.97 Å². The predicted octanol–water partition coefficient (Wildman–Crippen LogP) is 2.78. The molecule has 0 aliphatic rings. The Kier molecular flexibility index (Phi) is 6.88. The molecule has 154 valence electrons. The molecule has 0 unspecified atom stereocenters. The zero-order valence-electron chi connectivity index (χ0n) is 17.0. The molecule has 2 N–H and O–H groups in total. The summed E-state index contributed by atoms with van der Waals surface area (Å²) >= 11 is 0. The summed E-state index contributed by atoms with van der Waals surface area (Å²) in [5.41, 5.74) is 5.22.